The smallest absolute Gasteiger partial charge is 0.338 e. The Morgan fingerprint density at radius 1 is 0.977 bits per heavy atom. The molecule has 0 aliphatic carbocycles. The number of ether oxygens (including phenoxy) is 1. The number of thiazole rings is 1. The van der Waals surface area contributed by atoms with Crippen LogP contribution in [0.25, 0.3) is 27.8 Å². The molecule has 220 valence electrons. The molecule has 3 aromatic carbocycles. The number of rotatable bonds is 8. The maximum Gasteiger partial charge on any atom is 0.338 e. The van der Waals surface area contributed by atoms with Crippen LogP contribution in [0.5, 0.6) is 0 Å². The van der Waals surface area contributed by atoms with Gasteiger partial charge in [-0.2, -0.15) is 0 Å². The van der Waals surface area contributed by atoms with Gasteiger partial charge in [-0.3, -0.25) is 9.36 Å². The highest BCUT2D eigenvalue weighted by Crippen LogP contribution is 2.35. The highest BCUT2D eigenvalue weighted by Gasteiger charge is 2.34. The molecule has 0 spiro atoms. The summed E-state index contributed by atoms with van der Waals surface area (Å²) >= 11 is 2.90. The summed E-state index contributed by atoms with van der Waals surface area (Å²) in [5, 5.41) is 5.50. The molecular formula is C36H31N3O3S2. The molecule has 7 rings (SSSR count). The molecule has 0 saturated carbocycles. The first-order chi connectivity index (χ1) is 21.6. The van der Waals surface area contributed by atoms with Gasteiger partial charge in [0.25, 0.3) is 5.56 Å². The summed E-state index contributed by atoms with van der Waals surface area (Å²) in [6.45, 7) is 4.82. The Morgan fingerprint density at radius 3 is 2.57 bits per heavy atom. The molecule has 0 N–H and O–H groups in total. The van der Waals surface area contributed by atoms with Crippen LogP contribution in [-0.2, 0) is 16.1 Å². The number of allylic oxidation sites excluding steroid dienone is 1. The maximum atomic E-state index is 14.2. The van der Waals surface area contributed by atoms with E-state index in [4.69, 9.17) is 9.73 Å². The summed E-state index contributed by atoms with van der Waals surface area (Å²) in [4.78, 5) is 33.9. The average molecular weight is 618 g/mol. The van der Waals surface area contributed by atoms with Crippen LogP contribution in [0.1, 0.15) is 48.7 Å². The van der Waals surface area contributed by atoms with Gasteiger partial charge in [-0.15, -0.1) is 11.3 Å². The number of esters is 1. The molecule has 4 heterocycles. The number of fused-ring (bicyclic) bond motifs is 3. The van der Waals surface area contributed by atoms with Crippen molar-refractivity contribution in [1.82, 2.24) is 9.13 Å². The molecule has 0 unspecified atom stereocenters. The summed E-state index contributed by atoms with van der Waals surface area (Å²) in [5.74, 6) is -0.413. The molecular weight excluding hydrogens is 587 g/mol. The first-order valence-corrected chi connectivity index (χ1v) is 16.6. The maximum absolute atomic E-state index is 14.2. The lowest BCUT2D eigenvalue weighted by Crippen LogP contribution is -2.39. The van der Waals surface area contributed by atoms with Gasteiger partial charge in [-0.1, -0.05) is 91.4 Å². The van der Waals surface area contributed by atoms with Crippen molar-refractivity contribution < 1.29 is 9.53 Å². The van der Waals surface area contributed by atoms with E-state index in [0.717, 1.165) is 27.8 Å². The van der Waals surface area contributed by atoms with E-state index in [1.807, 2.05) is 35.7 Å². The summed E-state index contributed by atoms with van der Waals surface area (Å²) < 4.78 is 10.0. The average Bonchev–Trinajstić information content (AvgIpc) is 3.76. The van der Waals surface area contributed by atoms with Gasteiger partial charge >= 0.3 is 5.97 Å². The normalized spacial score (nSPS) is 15.1. The molecule has 44 heavy (non-hydrogen) atoms. The Balaban J connectivity index is 1.38. The summed E-state index contributed by atoms with van der Waals surface area (Å²) in [7, 11) is 0. The summed E-state index contributed by atoms with van der Waals surface area (Å²) in [5.41, 5.74) is 4.31. The predicted molar refractivity (Wildman–Crippen MR) is 179 cm³/mol. The molecule has 0 fully saturated rings. The molecule has 1 aliphatic rings. The topological polar surface area (TPSA) is 65.6 Å². The van der Waals surface area contributed by atoms with E-state index in [-0.39, 0.29) is 12.2 Å². The van der Waals surface area contributed by atoms with Gasteiger partial charge in [0.15, 0.2) is 4.80 Å². The second-order valence-electron chi connectivity index (χ2n) is 10.8. The molecule has 6 nitrogen and oxygen atoms in total. The zero-order chi connectivity index (χ0) is 30.2. The number of benzene rings is 3. The fraction of sp³-hybridized carbons (Fsp3) is 0.194. The minimum Gasteiger partial charge on any atom is -0.463 e. The van der Waals surface area contributed by atoms with E-state index in [2.05, 4.69) is 72.3 Å². The first-order valence-electron chi connectivity index (χ1n) is 14.9. The molecule has 1 atom stereocenters. The minimum atomic E-state index is -0.568. The van der Waals surface area contributed by atoms with E-state index < -0.39 is 12.0 Å². The highest BCUT2D eigenvalue weighted by atomic mass is 32.1. The van der Waals surface area contributed by atoms with E-state index >= 15 is 0 Å². The van der Waals surface area contributed by atoms with E-state index in [0.29, 0.717) is 33.6 Å². The number of para-hydroxylation sites is 1. The Labute approximate surface area is 262 Å². The molecule has 0 radical (unpaired) electrons. The molecule has 0 bridgehead atoms. The number of hydrogen-bond acceptors (Lipinski definition) is 6. The van der Waals surface area contributed by atoms with Gasteiger partial charge < -0.3 is 9.30 Å². The van der Waals surface area contributed by atoms with Crippen molar-refractivity contribution in [1.29, 1.82) is 0 Å². The third-order valence-electron chi connectivity index (χ3n) is 8.03. The van der Waals surface area contributed by atoms with Crippen LogP contribution in [-0.4, -0.2) is 21.7 Å². The van der Waals surface area contributed by atoms with Crippen LogP contribution in [0, 0.1) is 0 Å². The third-order valence-corrected chi connectivity index (χ3v) is 9.94. The number of thiophene rings is 1. The van der Waals surface area contributed by atoms with Crippen LogP contribution in [0.4, 0.5) is 0 Å². The van der Waals surface area contributed by atoms with Crippen molar-refractivity contribution >= 4 is 56.4 Å². The molecule has 1 aliphatic heterocycles. The second kappa shape index (κ2) is 11.9. The van der Waals surface area contributed by atoms with Crippen LogP contribution in [0.3, 0.4) is 0 Å². The minimum absolute atomic E-state index is 0.157. The van der Waals surface area contributed by atoms with Gasteiger partial charge in [0.2, 0.25) is 0 Å². The van der Waals surface area contributed by atoms with Crippen molar-refractivity contribution in [2.45, 2.75) is 39.3 Å². The monoisotopic (exact) mass is 617 g/mol. The Bertz CT molecular complexity index is 2230. The van der Waals surface area contributed by atoms with Crippen molar-refractivity contribution in [3.8, 4) is 0 Å². The van der Waals surface area contributed by atoms with Crippen LogP contribution in [0.15, 0.2) is 111 Å². The third kappa shape index (κ3) is 4.94. The summed E-state index contributed by atoms with van der Waals surface area (Å²) in [6, 6.07) is 26.5. The summed E-state index contributed by atoms with van der Waals surface area (Å²) in [6.07, 6.45) is 5.56. The van der Waals surface area contributed by atoms with E-state index in [9.17, 15) is 9.59 Å². The number of hydrogen-bond donors (Lipinski definition) is 0. The highest BCUT2D eigenvalue weighted by molar-refractivity contribution is 7.10. The largest absolute Gasteiger partial charge is 0.463 e. The van der Waals surface area contributed by atoms with Crippen molar-refractivity contribution in [3.05, 3.63) is 137 Å². The quantitative estimate of drug-likeness (QED) is 0.177. The fourth-order valence-electron chi connectivity index (χ4n) is 6.11. The zero-order valence-electron chi connectivity index (χ0n) is 24.5. The van der Waals surface area contributed by atoms with Crippen LogP contribution < -0.4 is 14.9 Å². The lowest BCUT2D eigenvalue weighted by molar-refractivity contribution is -0.139. The van der Waals surface area contributed by atoms with Crippen molar-refractivity contribution in [3.63, 3.8) is 0 Å². The van der Waals surface area contributed by atoms with Crippen molar-refractivity contribution in [2.75, 3.05) is 6.61 Å². The fourth-order valence-corrected chi connectivity index (χ4v) is 7.95. The number of nitrogens with zero attached hydrogens (tertiary/aromatic N) is 3. The van der Waals surface area contributed by atoms with Gasteiger partial charge in [0, 0.05) is 34.1 Å². The Morgan fingerprint density at radius 2 is 1.77 bits per heavy atom. The predicted octanol–water partition coefficient (Wildman–Crippen LogP) is 6.80. The van der Waals surface area contributed by atoms with E-state index in [1.165, 1.54) is 39.0 Å². The molecule has 6 aromatic rings. The molecule has 8 heteroatoms. The lowest BCUT2D eigenvalue weighted by Gasteiger charge is -2.24. The van der Waals surface area contributed by atoms with Gasteiger partial charge in [0.05, 0.1) is 22.4 Å². The molecule has 0 amide bonds. The van der Waals surface area contributed by atoms with Gasteiger partial charge in [-0.25, -0.2) is 9.79 Å². The van der Waals surface area contributed by atoms with Gasteiger partial charge in [0.1, 0.15) is 6.04 Å². The molecule has 3 aromatic heterocycles. The van der Waals surface area contributed by atoms with Gasteiger partial charge in [-0.05, 0) is 53.3 Å². The number of aromatic nitrogens is 2. The standard InChI is InChI=1S/C36H31N3O3S2/c1-3-11-28-32(35(41)42-4-2)33(30-18-10-19-43-30)39-34(40)31(44-36(39)37-28)20-25-22-38(29-17-8-7-16-27(25)29)21-24-14-9-13-23-12-5-6-15-26(23)24/h5-10,12-20,22,33H,3-4,11,21H2,1-2H3/b31-20-/t33-/m1/s1. The Hall–Kier alpha value is -4.53. The number of carbonyl (C=O) groups excluding carboxylic acids is 1. The SMILES string of the molecule is CCCC1=C(C(=O)OCC)[C@@H](c2cccs2)n2c(s/c(=C\c3cn(Cc4cccc5ccccc45)c4ccccc34)c2=O)=N1. The molecule has 0 saturated heterocycles. The first kappa shape index (κ1) is 28.3. The second-order valence-corrected chi connectivity index (χ2v) is 12.8. The number of carbonyl (C=O) groups is 1. The lowest BCUT2D eigenvalue weighted by atomic mass is 9.99. The van der Waals surface area contributed by atoms with Crippen molar-refractivity contribution in [2.24, 2.45) is 4.99 Å². The van der Waals surface area contributed by atoms with Crippen LogP contribution in [0.2, 0.25) is 0 Å². The zero-order valence-corrected chi connectivity index (χ0v) is 26.2. The van der Waals surface area contributed by atoms with E-state index in [1.54, 1.807) is 11.5 Å². The Kier molecular flexibility index (Phi) is 7.62. The van der Waals surface area contributed by atoms with Crippen LogP contribution >= 0.6 is 22.7 Å².